The van der Waals surface area contributed by atoms with E-state index in [4.69, 9.17) is 0 Å². The minimum Gasteiger partial charge on any atom is -0.311 e. The summed E-state index contributed by atoms with van der Waals surface area (Å²) < 4.78 is 15.3. The van der Waals surface area contributed by atoms with Gasteiger partial charge in [0.1, 0.15) is 5.82 Å². The second-order valence-corrected chi connectivity index (χ2v) is 9.31. The first kappa shape index (κ1) is 19.6. The van der Waals surface area contributed by atoms with E-state index in [9.17, 15) is 9.18 Å². The number of rotatable bonds is 4. The highest BCUT2D eigenvalue weighted by Gasteiger charge is 2.36. The van der Waals surface area contributed by atoms with Gasteiger partial charge in [-0.2, -0.15) is 0 Å². The summed E-state index contributed by atoms with van der Waals surface area (Å²) in [4.78, 5) is 16.4. The van der Waals surface area contributed by atoms with Crippen LogP contribution in [0.2, 0.25) is 0 Å². The third-order valence-corrected chi connectivity index (χ3v) is 7.13. The molecule has 0 spiro atoms. The van der Waals surface area contributed by atoms with Gasteiger partial charge in [0, 0.05) is 54.3 Å². The second-order valence-electron chi connectivity index (χ2n) is 8.43. The molecule has 1 saturated heterocycles. The Kier molecular flexibility index (Phi) is 5.25. The van der Waals surface area contributed by atoms with E-state index in [0.717, 1.165) is 38.2 Å². The highest BCUT2D eigenvalue weighted by Crippen LogP contribution is 2.40. The lowest BCUT2D eigenvalue weighted by molar-refractivity contribution is 0.114. The molecule has 0 saturated carbocycles. The summed E-state index contributed by atoms with van der Waals surface area (Å²) in [6, 6.07) is 19.2. The van der Waals surface area contributed by atoms with Gasteiger partial charge in [-0.3, -0.25) is 9.69 Å². The zero-order chi connectivity index (χ0) is 20.7. The number of thioether (sulfide) groups is 1. The Morgan fingerprint density at radius 3 is 2.47 bits per heavy atom. The van der Waals surface area contributed by atoms with Crippen LogP contribution in [-0.4, -0.2) is 28.8 Å². The molecular weight excluding hydrogens is 395 g/mol. The number of likely N-dealkylation sites (tertiary alicyclic amines) is 1. The van der Waals surface area contributed by atoms with Gasteiger partial charge in [-0.05, 0) is 60.1 Å². The maximum absolute atomic E-state index is 13.3. The topological polar surface area (TPSA) is 25.2 Å². The minimum atomic E-state index is -0.195. The summed E-state index contributed by atoms with van der Waals surface area (Å²) in [6.45, 7) is 3.50. The smallest absolute Gasteiger partial charge is 0.250 e. The molecule has 2 aromatic carbocycles. The number of aromatic nitrogens is 1. The summed E-state index contributed by atoms with van der Waals surface area (Å²) in [5.41, 5.74) is 4.77. The Labute approximate surface area is 180 Å². The normalized spacial score (nSPS) is 20.7. The number of benzene rings is 2. The zero-order valence-electron chi connectivity index (χ0n) is 17.1. The van der Waals surface area contributed by atoms with Gasteiger partial charge in [0.25, 0.3) is 5.56 Å². The number of hydrogen-bond donors (Lipinski definition) is 0. The van der Waals surface area contributed by atoms with Crippen LogP contribution in [-0.2, 0) is 13.1 Å². The third kappa shape index (κ3) is 3.72. The van der Waals surface area contributed by atoms with E-state index in [0.29, 0.717) is 11.8 Å². The molecule has 2 bridgehead atoms. The van der Waals surface area contributed by atoms with Crippen LogP contribution in [0.3, 0.4) is 0 Å². The van der Waals surface area contributed by atoms with Crippen molar-refractivity contribution in [1.82, 2.24) is 9.47 Å². The van der Waals surface area contributed by atoms with Gasteiger partial charge in [-0.15, -0.1) is 11.8 Å². The molecule has 5 heteroatoms. The first-order valence-corrected chi connectivity index (χ1v) is 11.7. The van der Waals surface area contributed by atoms with Crippen molar-refractivity contribution in [2.75, 3.05) is 19.3 Å². The number of pyridine rings is 1. The predicted octanol–water partition coefficient (Wildman–Crippen LogP) is 5.00. The van der Waals surface area contributed by atoms with Crippen molar-refractivity contribution in [3.63, 3.8) is 0 Å². The highest BCUT2D eigenvalue weighted by molar-refractivity contribution is 7.98. The molecule has 3 aromatic rings. The van der Waals surface area contributed by atoms with Crippen molar-refractivity contribution >= 4 is 11.8 Å². The van der Waals surface area contributed by atoms with Crippen LogP contribution < -0.4 is 5.56 Å². The molecule has 30 heavy (non-hydrogen) atoms. The fourth-order valence-electron chi connectivity index (χ4n) is 5.11. The fraction of sp³-hybridized carbons (Fsp3) is 0.320. The Morgan fingerprint density at radius 2 is 1.73 bits per heavy atom. The first-order valence-electron chi connectivity index (χ1n) is 10.5. The Morgan fingerprint density at radius 1 is 0.967 bits per heavy atom. The molecule has 5 rings (SSSR count). The quantitative estimate of drug-likeness (QED) is 0.556. The number of nitrogens with zero attached hydrogens (tertiary/aromatic N) is 2. The van der Waals surface area contributed by atoms with E-state index in [1.54, 1.807) is 17.8 Å². The average molecular weight is 421 g/mol. The Balaban J connectivity index is 1.48. The summed E-state index contributed by atoms with van der Waals surface area (Å²) in [5, 5.41) is 0. The molecule has 3 nitrogen and oxygen atoms in total. The van der Waals surface area contributed by atoms with Gasteiger partial charge < -0.3 is 4.57 Å². The molecule has 154 valence electrons. The van der Waals surface area contributed by atoms with Gasteiger partial charge in [-0.25, -0.2) is 4.39 Å². The van der Waals surface area contributed by atoms with Crippen molar-refractivity contribution in [3.8, 4) is 11.1 Å². The van der Waals surface area contributed by atoms with Crippen LogP contribution in [0.15, 0.2) is 70.4 Å². The van der Waals surface area contributed by atoms with Crippen LogP contribution in [0, 0.1) is 11.7 Å². The van der Waals surface area contributed by atoms with E-state index in [-0.39, 0.29) is 11.4 Å². The van der Waals surface area contributed by atoms with E-state index in [2.05, 4.69) is 35.4 Å². The maximum atomic E-state index is 13.3. The summed E-state index contributed by atoms with van der Waals surface area (Å²) in [6.07, 6.45) is 3.20. The van der Waals surface area contributed by atoms with Crippen LogP contribution in [0.5, 0.6) is 0 Å². The van der Waals surface area contributed by atoms with E-state index in [1.165, 1.54) is 33.8 Å². The third-order valence-electron chi connectivity index (χ3n) is 6.39. The van der Waals surface area contributed by atoms with E-state index in [1.807, 2.05) is 22.8 Å². The fourth-order valence-corrected chi connectivity index (χ4v) is 5.51. The van der Waals surface area contributed by atoms with Gasteiger partial charge in [0.2, 0.25) is 0 Å². The van der Waals surface area contributed by atoms with Gasteiger partial charge >= 0.3 is 0 Å². The van der Waals surface area contributed by atoms with Gasteiger partial charge in [0.05, 0.1) is 0 Å². The highest BCUT2D eigenvalue weighted by atomic mass is 32.2. The SMILES string of the molecule is CSc1ccc(-c2ccc(=O)n3c2C2CC(CN(Cc4ccc(F)cc4)C2)C3)cc1. The molecule has 2 aliphatic heterocycles. The van der Waals surface area contributed by atoms with E-state index >= 15 is 0 Å². The lowest BCUT2D eigenvalue weighted by atomic mass is 9.80. The largest absolute Gasteiger partial charge is 0.311 e. The Hall–Kier alpha value is -2.37. The summed E-state index contributed by atoms with van der Waals surface area (Å²) in [5.74, 6) is 0.616. The standard InChI is InChI=1S/C25H25FN2OS/c1-30-22-8-4-19(5-9-22)23-10-11-24(29)28-15-18-12-20(25(23)28)16-27(14-18)13-17-2-6-21(26)7-3-17/h2-11,18,20H,12-16H2,1H3. The molecule has 2 aliphatic rings. The average Bonchev–Trinajstić information content (AvgIpc) is 2.76. The molecule has 0 aliphatic carbocycles. The number of halogens is 1. The van der Waals surface area contributed by atoms with Crippen molar-refractivity contribution in [1.29, 1.82) is 0 Å². The number of piperidine rings is 1. The van der Waals surface area contributed by atoms with Crippen molar-refractivity contribution in [3.05, 3.63) is 88.1 Å². The maximum Gasteiger partial charge on any atom is 0.250 e. The lowest BCUT2D eigenvalue weighted by Crippen LogP contribution is -2.47. The monoisotopic (exact) mass is 420 g/mol. The van der Waals surface area contributed by atoms with Crippen molar-refractivity contribution in [2.24, 2.45) is 5.92 Å². The van der Waals surface area contributed by atoms with Crippen molar-refractivity contribution in [2.45, 2.75) is 30.3 Å². The molecule has 1 aromatic heterocycles. The second kappa shape index (κ2) is 8.05. The van der Waals surface area contributed by atoms with Crippen molar-refractivity contribution < 1.29 is 4.39 Å². The molecule has 0 amide bonds. The Bertz CT molecular complexity index is 1110. The molecule has 3 heterocycles. The van der Waals surface area contributed by atoms with Gasteiger partial charge in [-0.1, -0.05) is 24.3 Å². The lowest BCUT2D eigenvalue weighted by Gasteiger charge is -2.43. The van der Waals surface area contributed by atoms with Crippen LogP contribution in [0.25, 0.3) is 11.1 Å². The minimum absolute atomic E-state index is 0.108. The predicted molar refractivity (Wildman–Crippen MR) is 120 cm³/mol. The molecule has 0 N–H and O–H groups in total. The number of fused-ring (bicyclic) bond motifs is 4. The number of hydrogen-bond acceptors (Lipinski definition) is 3. The van der Waals surface area contributed by atoms with Crippen LogP contribution in [0.1, 0.15) is 23.6 Å². The molecular formula is C25H25FN2OS. The van der Waals surface area contributed by atoms with Gasteiger partial charge in [0.15, 0.2) is 0 Å². The molecule has 0 radical (unpaired) electrons. The van der Waals surface area contributed by atoms with E-state index < -0.39 is 0 Å². The summed E-state index contributed by atoms with van der Waals surface area (Å²) in [7, 11) is 0. The summed E-state index contributed by atoms with van der Waals surface area (Å²) >= 11 is 1.74. The molecule has 1 fully saturated rings. The zero-order valence-corrected chi connectivity index (χ0v) is 17.9. The molecule has 2 atom stereocenters. The van der Waals surface area contributed by atoms with Crippen LogP contribution in [0.4, 0.5) is 4.39 Å². The van der Waals surface area contributed by atoms with Crippen LogP contribution >= 0.6 is 11.8 Å². The molecule has 2 unspecified atom stereocenters. The first-order chi connectivity index (χ1) is 14.6.